The van der Waals surface area contributed by atoms with Gasteiger partial charge in [-0.15, -0.1) is 0 Å². The highest BCUT2D eigenvalue weighted by Crippen LogP contribution is 2.22. The standard InChI is InChI=1S/C23H30N2O2/c1-2-27-18-23(17-26)24-15-19-8-10-21(11-9-19)22-7-5-6-20(14-22)16-25-12-3-4-13-25/h5-11,14,17,23-24H,2-4,12-13,15-16,18H2,1H3. The van der Waals surface area contributed by atoms with Gasteiger partial charge in [0.2, 0.25) is 0 Å². The van der Waals surface area contributed by atoms with Crippen molar-refractivity contribution in [1.82, 2.24) is 10.2 Å². The number of nitrogens with zero attached hydrogens (tertiary/aromatic N) is 1. The van der Waals surface area contributed by atoms with E-state index in [-0.39, 0.29) is 6.04 Å². The number of hydrogen-bond acceptors (Lipinski definition) is 4. The first-order valence-corrected chi connectivity index (χ1v) is 9.95. The summed E-state index contributed by atoms with van der Waals surface area (Å²) in [5.74, 6) is 0. The molecule has 144 valence electrons. The molecule has 0 amide bonds. The van der Waals surface area contributed by atoms with Crippen LogP contribution in [0.1, 0.15) is 30.9 Å². The van der Waals surface area contributed by atoms with Crippen molar-refractivity contribution in [2.45, 2.75) is 38.9 Å². The molecule has 2 aromatic rings. The van der Waals surface area contributed by atoms with E-state index in [1.165, 1.54) is 42.6 Å². The molecule has 1 atom stereocenters. The smallest absolute Gasteiger partial charge is 0.139 e. The number of likely N-dealkylation sites (tertiary alicyclic amines) is 1. The number of rotatable bonds is 10. The monoisotopic (exact) mass is 366 g/mol. The van der Waals surface area contributed by atoms with Crippen LogP contribution < -0.4 is 5.32 Å². The molecule has 1 aliphatic rings. The zero-order chi connectivity index (χ0) is 18.9. The fraction of sp³-hybridized carbons (Fsp3) is 0.435. The summed E-state index contributed by atoms with van der Waals surface area (Å²) in [4.78, 5) is 13.6. The molecule has 3 rings (SSSR count). The summed E-state index contributed by atoms with van der Waals surface area (Å²) in [6, 6.07) is 17.1. The van der Waals surface area contributed by atoms with Gasteiger partial charge in [-0.3, -0.25) is 4.90 Å². The molecule has 1 heterocycles. The Bertz CT molecular complexity index is 709. The largest absolute Gasteiger partial charge is 0.380 e. The predicted octanol–water partition coefficient (Wildman–Crippen LogP) is 3.64. The zero-order valence-corrected chi connectivity index (χ0v) is 16.2. The SMILES string of the molecule is CCOCC(C=O)NCc1ccc(-c2cccc(CN3CCCC3)c2)cc1. The Hall–Kier alpha value is -2.01. The predicted molar refractivity (Wildman–Crippen MR) is 110 cm³/mol. The molecule has 1 fully saturated rings. The van der Waals surface area contributed by atoms with Crippen LogP contribution in [-0.2, 0) is 22.6 Å². The third-order valence-electron chi connectivity index (χ3n) is 5.05. The first-order valence-electron chi connectivity index (χ1n) is 9.95. The second-order valence-corrected chi connectivity index (χ2v) is 7.16. The average molecular weight is 367 g/mol. The van der Waals surface area contributed by atoms with Gasteiger partial charge in [0.1, 0.15) is 6.29 Å². The van der Waals surface area contributed by atoms with E-state index in [0.717, 1.165) is 18.4 Å². The summed E-state index contributed by atoms with van der Waals surface area (Å²) in [7, 11) is 0. The molecule has 27 heavy (non-hydrogen) atoms. The molecule has 1 N–H and O–H groups in total. The zero-order valence-electron chi connectivity index (χ0n) is 16.2. The van der Waals surface area contributed by atoms with Gasteiger partial charge in [-0.05, 0) is 61.2 Å². The number of ether oxygens (including phenoxy) is 1. The van der Waals surface area contributed by atoms with E-state index in [2.05, 4.69) is 58.7 Å². The highest BCUT2D eigenvalue weighted by molar-refractivity contribution is 5.64. The van der Waals surface area contributed by atoms with E-state index in [0.29, 0.717) is 19.8 Å². The fourth-order valence-electron chi connectivity index (χ4n) is 3.50. The Balaban J connectivity index is 1.58. The average Bonchev–Trinajstić information content (AvgIpc) is 3.22. The summed E-state index contributed by atoms with van der Waals surface area (Å²) >= 11 is 0. The third-order valence-corrected chi connectivity index (χ3v) is 5.05. The maximum absolute atomic E-state index is 11.1. The third kappa shape index (κ3) is 5.99. The van der Waals surface area contributed by atoms with Crippen LogP contribution in [0.3, 0.4) is 0 Å². The van der Waals surface area contributed by atoms with Crippen molar-refractivity contribution in [3.05, 3.63) is 59.7 Å². The lowest BCUT2D eigenvalue weighted by molar-refractivity contribution is -0.110. The van der Waals surface area contributed by atoms with Crippen molar-refractivity contribution >= 4 is 6.29 Å². The second kappa shape index (κ2) is 10.4. The van der Waals surface area contributed by atoms with Crippen molar-refractivity contribution in [3.63, 3.8) is 0 Å². The molecule has 1 unspecified atom stereocenters. The number of hydrogen-bond donors (Lipinski definition) is 1. The topological polar surface area (TPSA) is 41.6 Å². The first kappa shape index (κ1) is 19.7. The van der Waals surface area contributed by atoms with Crippen molar-refractivity contribution in [2.24, 2.45) is 0 Å². The number of nitrogens with one attached hydrogen (secondary N) is 1. The highest BCUT2D eigenvalue weighted by atomic mass is 16.5. The Morgan fingerprint density at radius 2 is 1.85 bits per heavy atom. The molecule has 4 heteroatoms. The lowest BCUT2D eigenvalue weighted by Gasteiger charge is -2.15. The van der Waals surface area contributed by atoms with E-state index in [1.54, 1.807) is 0 Å². The van der Waals surface area contributed by atoms with Gasteiger partial charge >= 0.3 is 0 Å². The second-order valence-electron chi connectivity index (χ2n) is 7.16. The molecule has 2 aromatic carbocycles. The maximum atomic E-state index is 11.1. The van der Waals surface area contributed by atoms with Crippen LogP contribution in [0.4, 0.5) is 0 Å². The molecule has 0 bridgehead atoms. The van der Waals surface area contributed by atoms with Gasteiger partial charge in [-0.2, -0.15) is 0 Å². The van der Waals surface area contributed by atoms with Crippen LogP contribution in [0, 0.1) is 0 Å². The number of carbonyl (C=O) groups excluding carboxylic acids is 1. The van der Waals surface area contributed by atoms with E-state index in [1.807, 2.05) is 6.92 Å². The van der Waals surface area contributed by atoms with Crippen molar-refractivity contribution in [2.75, 3.05) is 26.3 Å². The molecule has 1 aliphatic heterocycles. The van der Waals surface area contributed by atoms with Crippen LogP contribution >= 0.6 is 0 Å². The van der Waals surface area contributed by atoms with Gasteiger partial charge < -0.3 is 14.8 Å². The van der Waals surface area contributed by atoms with Gasteiger partial charge in [-0.1, -0.05) is 42.5 Å². The first-order chi connectivity index (χ1) is 13.3. The van der Waals surface area contributed by atoms with Gasteiger partial charge in [0, 0.05) is 19.7 Å². The van der Waals surface area contributed by atoms with Crippen molar-refractivity contribution in [1.29, 1.82) is 0 Å². The molecule has 0 aromatic heterocycles. The lowest BCUT2D eigenvalue weighted by atomic mass is 10.0. The van der Waals surface area contributed by atoms with Gasteiger partial charge in [-0.25, -0.2) is 0 Å². The quantitative estimate of drug-likeness (QED) is 0.652. The number of benzene rings is 2. The van der Waals surface area contributed by atoms with E-state index in [4.69, 9.17) is 4.74 Å². The Morgan fingerprint density at radius 1 is 1.07 bits per heavy atom. The summed E-state index contributed by atoms with van der Waals surface area (Å²) < 4.78 is 5.31. The van der Waals surface area contributed by atoms with Crippen molar-refractivity contribution in [3.8, 4) is 11.1 Å². The molecule has 0 aliphatic carbocycles. The van der Waals surface area contributed by atoms with Crippen molar-refractivity contribution < 1.29 is 9.53 Å². The summed E-state index contributed by atoms with van der Waals surface area (Å²) in [5.41, 5.74) is 5.02. The Kier molecular flexibility index (Phi) is 7.57. The van der Waals surface area contributed by atoms with Gasteiger partial charge in [0.05, 0.1) is 12.6 Å². The Labute approximate surface area is 162 Å². The minimum atomic E-state index is -0.258. The molecule has 0 radical (unpaired) electrons. The molecule has 0 spiro atoms. The highest BCUT2D eigenvalue weighted by Gasteiger charge is 2.12. The molecular weight excluding hydrogens is 336 g/mol. The normalized spacial score (nSPS) is 15.7. The van der Waals surface area contributed by atoms with E-state index >= 15 is 0 Å². The van der Waals surface area contributed by atoms with Crippen LogP contribution in [0.15, 0.2) is 48.5 Å². The van der Waals surface area contributed by atoms with Crippen LogP contribution in [0.5, 0.6) is 0 Å². The summed E-state index contributed by atoms with van der Waals surface area (Å²) in [6.45, 7) is 7.11. The minimum Gasteiger partial charge on any atom is -0.380 e. The van der Waals surface area contributed by atoms with Crippen LogP contribution in [-0.4, -0.2) is 43.5 Å². The summed E-state index contributed by atoms with van der Waals surface area (Å²) in [5, 5.41) is 3.23. The van der Waals surface area contributed by atoms with E-state index in [9.17, 15) is 4.79 Å². The molecule has 1 saturated heterocycles. The number of aldehydes is 1. The van der Waals surface area contributed by atoms with Crippen LogP contribution in [0.2, 0.25) is 0 Å². The lowest BCUT2D eigenvalue weighted by Crippen LogP contribution is -2.34. The fourth-order valence-corrected chi connectivity index (χ4v) is 3.50. The number of carbonyl (C=O) groups is 1. The van der Waals surface area contributed by atoms with Gasteiger partial charge in [0.25, 0.3) is 0 Å². The molecular formula is C23H30N2O2. The Morgan fingerprint density at radius 3 is 2.56 bits per heavy atom. The summed E-state index contributed by atoms with van der Waals surface area (Å²) in [6.07, 6.45) is 3.56. The molecule has 4 nitrogen and oxygen atoms in total. The minimum absolute atomic E-state index is 0.258. The maximum Gasteiger partial charge on any atom is 0.139 e. The van der Waals surface area contributed by atoms with E-state index < -0.39 is 0 Å². The van der Waals surface area contributed by atoms with Gasteiger partial charge in [0.15, 0.2) is 0 Å². The molecule has 0 saturated carbocycles. The van der Waals surface area contributed by atoms with Crippen LogP contribution in [0.25, 0.3) is 11.1 Å².